The third kappa shape index (κ3) is 2.35. The highest BCUT2D eigenvalue weighted by Gasteiger charge is 2.17. The van der Waals surface area contributed by atoms with Crippen molar-refractivity contribution in [2.24, 2.45) is 0 Å². The summed E-state index contributed by atoms with van der Waals surface area (Å²) in [6.07, 6.45) is 1.85. The van der Waals surface area contributed by atoms with Gasteiger partial charge in [-0.3, -0.25) is 4.57 Å². The number of aromatic nitrogens is 2. The summed E-state index contributed by atoms with van der Waals surface area (Å²) in [6.45, 7) is 3.92. The number of thiophene rings is 1. The molecule has 0 fully saturated rings. The number of hydrogen-bond donors (Lipinski definition) is 1. The number of anilines is 1. The van der Waals surface area contributed by atoms with Crippen molar-refractivity contribution in [3.8, 4) is 22.1 Å². The molecule has 0 radical (unpaired) electrons. The number of benzene rings is 1. The normalized spacial score (nSPS) is 10.9. The number of nitrogens with zero attached hydrogens (tertiary/aromatic N) is 2. The maximum absolute atomic E-state index is 13.9. The Morgan fingerprint density at radius 1 is 1.32 bits per heavy atom. The smallest absolute Gasteiger partial charge is 0.155 e. The van der Waals surface area contributed by atoms with Crippen LogP contribution in [-0.4, -0.2) is 16.7 Å². The van der Waals surface area contributed by atoms with E-state index in [9.17, 15) is 4.39 Å². The zero-order valence-corrected chi connectivity index (χ0v) is 13.4. The molecule has 0 aliphatic heterocycles. The van der Waals surface area contributed by atoms with Crippen molar-refractivity contribution in [1.82, 2.24) is 9.55 Å². The van der Waals surface area contributed by atoms with E-state index in [4.69, 9.17) is 10.5 Å². The van der Waals surface area contributed by atoms with E-state index in [2.05, 4.69) is 4.98 Å². The molecule has 6 heteroatoms. The standard InChI is InChI=1S/C16H16FN3OS/c1-9-4-5-22-15(9)16-19-10(2)8-20(16)12-6-11(17)7-13(21-3)14(12)18/h4-8H,18H2,1-3H3. The molecular weight excluding hydrogens is 301 g/mol. The number of rotatable bonds is 3. The van der Waals surface area contributed by atoms with E-state index in [1.165, 1.54) is 19.2 Å². The Morgan fingerprint density at radius 2 is 2.09 bits per heavy atom. The van der Waals surface area contributed by atoms with Crippen molar-refractivity contribution < 1.29 is 9.13 Å². The van der Waals surface area contributed by atoms with E-state index >= 15 is 0 Å². The first-order chi connectivity index (χ1) is 10.5. The van der Waals surface area contributed by atoms with Crippen LogP contribution in [0, 0.1) is 19.7 Å². The third-order valence-corrected chi connectivity index (χ3v) is 4.47. The molecule has 3 rings (SSSR count). The molecule has 2 aromatic heterocycles. The average molecular weight is 317 g/mol. The van der Waals surface area contributed by atoms with Crippen molar-refractivity contribution in [3.05, 3.63) is 46.9 Å². The molecule has 114 valence electrons. The molecule has 3 aromatic rings. The van der Waals surface area contributed by atoms with Crippen LogP contribution in [0.15, 0.2) is 29.8 Å². The summed E-state index contributed by atoms with van der Waals surface area (Å²) in [5.74, 6) is 0.667. The molecule has 0 amide bonds. The molecule has 0 atom stereocenters. The minimum Gasteiger partial charge on any atom is -0.494 e. The number of hydrogen-bond acceptors (Lipinski definition) is 4. The summed E-state index contributed by atoms with van der Waals surface area (Å²) in [4.78, 5) is 5.61. The fourth-order valence-corrected chi connectivity index (χ4v) is 3.30. The van der Waals surface area contributed by atoms with Gasteiger partial charge in [0.2, 0.25) is 0 Å². The lowest BCUT2D eigenvalue weighted by Crippen LogP contribution is -2.04. The molecule has 0 spiro atoms. The highest BCUT2D eigenvalue weighted by atomic mass is 32.1. The fraction of sp³-hybridized carbons (Fsp3) is 0.188. The molecule has 1 aromatic carbocycles. The van der Waals surface area contributed by atoms with Crippen LogP contribution in [0.3, 0.4) is 0 Å². The topological polar surface area (TPSA) is 53.1 Å². The molecule has 0 bridgehead atoms. The van der Waals surface area contributed by atoms with Crippen LogP contribution in [0.2, 0.25) is 0 Å². The van der Waals surface area contributed by atoms with Crippen LogP contribution in [-0.2, 0) is 0 Å². The quantitative estimate of drug-likeness (QED) is 0.744. The Balaban J connectivity index is 2.26. The van der Waals surface area contributed by atoms with Gasteiger partial charge in [0.25, 0.3) is 0 Å². The molecule has 0 saturated carbocycles. The van der Waals surface area contributed by atoms with Gasteiger partial charge < -0.3 is 10.5 Å². The Labute approximate surface area is 132 Å². The monoisotopic (exact) mass is 317 g/mol. The van der Waals surface area contributed by atoms with Gasteiger partial charge in [0.15, 0.2) is 5.82 Å². The van der Waals surface area contributed by atoms with Gasteiger partial charge in [-0.2, -0.15) is 0 Å². The van der Waals surface area contributed by atoms with E-state index in [0.29, 0.717) is 17.1 Å². The van der Waals surface area contributed by atoms with E-state index in [0.717, 1.165) is 22.0 Å². The highest BCUT2D eigenvalue weighted by Crippen LogP contribution is 2.35. The van der Waals surface area contributed by atoms with Crippen LogP contribution in [0.25, 0.3) is 16.4 Å². The number of halogens is 1. The predicted octanol–water partition coefficient (Wildman–Crippen LogP) is 3.95. The zero-order valence-electron chi connectivity index (χ0n) is 12.6. The van der Waals surface area contributed by atoms with Gasteiger partial charge in [-0.1, -0.05) is 0 Å². The summed E-state index contributed by atoms with van der Waals surface area (Å²) in [7, 11) is 1.47. The molecule has 2 heterocycles. The molecule has 0 unspecified atom stereocenters. The third-order valence-electron chi connectivity index (χ3n) is 3.46. The summed E-state index contributed by atoms with van der Waals surface area (Å²) < 4.78 is 20.8. The van der Waals surface area contributed by atoms with Gasteiger partial charge in [0, 0.05) is 18.3 Å². The first-order valence-corrected chi connectivity index (χ1v) is 7.63. The van der Waals surface area contributed by atoms with Crippen LogP contribution >= 0.6 is 11.3 Å². The minimum absolute atomic E-state index is 0.315. The second kappa shape index (κ2) is 5.46. The van der Waals surface area contributed by atoms with Crippen molar-refractivity contribution >= 4 is 17.0 Å². The van der Waals surface area contributed by atoms with Crippen molar-refractivity contribution in [3.63, 3.8) is 0 Å². The van der Waals surface area contributed by atoms with Gasteiger partial charge in [-0.05, 0) is 30.9 Å². The molecule has 0 aliphatic carbocycles. The largest absolute Gasteiger partial charge is 0.494 e. The molecule has 0 aliphatic rings. The lowest BCUT2D eigenvalue weighted by Gasteiger charge is -2.13. The van der Waals surface area contributed by atoms with Crippen molar-refractivity contribution in [2.75, 3.05) is 12.8 Å². The molecular formula is C16H16FN3OS. The van der Waals surface area contributed by atoms with E-state index in [1.807, 2.05) is 36.1 Å². The van der Waals surface area contributed by atoms with Gasteiger partial charge in [0.05, 0.1) is 29.1 Å². The summed E-state index contributed by atoms with van der Waals surface area (Å²) in [5, 5.41) is 2.01. The van der Waals surface area contributed by atoms with E-state index < -0.39 is 5.82 Å². The van der Waals surface area contributed by atoms with Gasteiger partial charge in [-0.25, -0.2) is 9.37 Å². The Bertz CT molecular complexity index is 838. The highest BCUT2D eigenvalue weighted by molar-refractivity contribution is 7.13. The molecule has 22 heavy (non-hydrogen) atoms. The maximum Gasteiger partial charge on any atom is 0.155 e. The second-order valence-electron chi connectivity index (χ2n) is 5.05. The number of ether oxygens (including phenoxy) is 1. The van der Waals surface area contributed by atoms with Crippen molar-refractivity contribution in [2.45, 2.75) is 13.8 Å². The lowest BCUT2D eigenvalue weighted by molar-refractivity contribution is 0.413. The van der Waals surface area contributed by atoms with Crippen molar-refractivity contribution in [1.29, 1.82) is 0 Å². The SMILES string of the molecule is COc1cc(F)cc(-n2cc(C)nc2-c2sccc2C)c1N. The Morgan fingerprint density at radius 3 is 2.73 bits per heavy atom. The van der Waals surface area contributed by atoms with E-state index in [1.54, 1.807) is 11.3 Å². The minimum atomic E-state index is -0.402. The Hall–Kier alpha value is -2.34. The number of methoxy groups -OCH3 is 1. The molecule has 2 N–H and O–H groups in total. The number of nitrogens with two attached hydrogens (primary N) is 1. The maximum atomic E-state index is 13.9. The molecule has 0 saturated heterocycles. The number of imidazole rings is 1. The first kappa shape index (κ1) is 14.6. The number of aryl methyl sites for hydroxylation is 2. The van der Waals surface area contributed by atoms with Crippen LogP contribution < -0.4 is 10.5 Å². The zero-order chi connectivity index (χ0) is 15.9. The second-order valence-corrected chi connectivity index (χ2v) is 5.97. The molecule has 4 nitrogen and oxygen atoms in total. The van der Waals surface area contributed by atoms with Crippen LogP contribution in [0.1, 0.15) is 11.3 Å². The van der Waals surface area contributed by atoms with Gasteiger partial charge in [-0.15, -0.1) is 11.3 Å². The van der Waals surface area contributed by atoms with E-state index in [-0.39, 0.29) is 0 Å². The number of nitrogen functional groups attached to an aromatic ring is 1. The first-order valence-electron chi connectivity index (χ1n) is 6.75. The Kier molecular flexibility index (Phi) is 3.62. The van der Waals surface area contributed by atoms with Gasteiger partial charge >= 0.3 is 0 Å². The fourth-order valence-electron chi connectivity index (χ4n) is 2.39. The van der Waals surface area contributed by atoms with Crippen LogP contribution in [0.5, 0.6) is 5.75 Å². The lowest BCUT2D eigenvalue weighted by atomic mass is 10.2. The van der Waals surface area contributed by atoms with Crippen LogP contribution in [0.4, 0.5) is 10.1 Å². The summed E-state index contributed by atoms with van der Waals surface area (Å²) in [5.41, 5.74) is 9.00. The average Bonchev–Trinajstić information content (AvgIpc) is 3.06. The summed E-state index contributed by atoms with van der Waals surface area (Å²) in [6, 6.07) is 4.70. The summed E-state index contributed by atoms with van der Waals surface area (Å²) >= 11 is 1.60. The predicted molar refractivity (Wildman–Crippen MR) is 87.3 cm³/mol. The van der Waals surface area contributed by atoms with Gasteiger partial charge in [0.1, 0.15) is 11.6 Å².